The molecule has 38 heavy (non-hydrogen) atoms. The van der Waals surface area contributed by atoms with Gasteiger partial charge in [0.2, 0.25) is 5.91 Å². The van der Waals surface area contributed by atoms with Gasteiger partial charge in [-0.1, -0.05) is 68.4 Å². The molecule has 0 bridgehead atoms. The Morgan fingerprint density at radius 2 is 1.66 bits per heavy atom. The summed E-state index contributed by atoms with van der Waals surface area (Å²) in [6.07, 6.45) is 0.881. The topological polar surface area (TPSA) is 97.0 Å². The molecule has 4 rings (SSSR count). The van der Waals surface area contributed by atoms with Gasteiger partial charge in [0, 0.05) is 18.7 Å². The molecule has 1 saturated heterocycles. The number of aryl methyl sites for hydroxylation is 1. The Morgan fingerprint density at radius 1 is 0.974 bits per heavy atom. The lowest BCUT2D eigenvalue weighted by atomic mass is 9.91. The quantitative estimate of drug-likeness (QED) is 0.286. The molecule has 8 heteroatoms. The van der Waals surface area contributed by atoms with E-state index in [-0.39, 0.29) is 0 Å². The van der Waals surface area contributed by atoms with Crippen molar-refractivity contribution in [1.29, 1.82) is 0 Å². The molecule has 1 fully saturated rings. The van der Waals surface area contributed by atoms with Crippen molar-refractivity contribution >= 4 is 23.5 Å². The fraction of sp³-hybridized carbons (Fsp3) is 0.300. The number of nitrogens with one attached hydrogen (secondary N) is 2. The van der Waals surface area contributed by atoms with Crippen molar-refractivity contribution in [3.05, 3.63) is 95.6 Å². The zero-order valence-electron chi connectivity index (χ0n) is 21.8. The Morgan fingerprint density at radius 3 is 2.29 bits per heavy atom. The van der Waals surface area contributed by atoms with Crippen LogP contribution in [0.25, 0.3) is 0 Å². The number of benzene rings is 3. The molecule has 0 radical (unpaired) electrons. The van der Waals surface area contributed by atoms with Crippen molar-refractivity contribution in [2.75, 3.05) is 25.6 Å². The van der Waals surface area contributed by atoms with E-state index < -0.39 is 35.8 Å². The van der Waals surface area contributed by atoms with Crippen LogP contribution in [0.1, 0.15) is 42.5 Å². The number of hydrogen-bond donors (Lipinski definition) is 2. The van der Waals surface area contributed by atoms with E-state index in [0.717, 1.165) is 22.4 Å². The van der Waals surface area contributed by atoms with Crippen LogP contribution in [0.15, 0.2) is 78.9 Å². The molecule has 1 aliphatic heterocycles. The molecule has 198 valence electrons. The van der Waals surface area contributed by atoms with E-state index in [1.807, 2.05) is 61.5 Å². The van der Waals surface area contributed by atoms with E-state index >= 15 is 0 Å². The molecule has 3 atom stereocenters. The van der Waals surface area contributed by atoms with Gasteiger partial charge in [0.1, 0.15) is 24.4 Å². The lowest BCUT2D eigenvalue weighted by Gasteiger charge is -2.30. The van der Waals surface area contributed by atoms with Crippen LogP contribution in [0.2, 0.25) is 0 Å². The summed E-state index contributed by atoms with van der Waals surface area (Å²) >= 11 is 0. The van der Waals surface area contributed by atoms with Crippen molar-refractivity contribution in [2.24, 2.45) is 0 Å². The zero-order chi connectivity index (χ0) is 27.1. The number of urea groups is 1. The largest absolute Gasteiger partial charge is 0.491 e. The number of amides is 4. The maximum atomic E-state index is 13.7. The van der Waals surface area contributed by atoms with Gasteiger partial charge in [-0.25, -0.2) is 9.69 Å². The first-order chi connectivity index (χ1) is 18.4. The second kappa shape index (κ2) is 12.4. The number of carbonyl (C=O) groups excluding carboxylic acids is 3. The summed E-state index contributed by atoms with van der Waals surface area (Å²) in [6.45, 7) is 4.76. The van der Waals surface area contributed by atoms with Crippen LogP contribution in [-0.4, -0.2) is 49.1 Å². The smallest absolute Gasteiger partial charge is 0.325 e. The maximum Gasteiger partial charge on any atom is 0.325 e. The minimum Gasteiger partial charge on any atom is -0.491 e. The molecule has 0 spiro atoms. The number of anilines is 1. The molecular weight excluding hydrogens is 482 g/mol. The van der Waals surface area contributed by atoms with Gasteiger partial charge in [-0.15, -0.1) is 0 Å². The SMILES string of the molecule is CCc1ccc(NC(=O)C(C(C)c2ccccc2)N2C(=O)N[C@H](c3ccc(OCCOC)cc3)C2=O)cc1. The molecule has 3 aromatic carbocycles. The number of hydrogen-bond acceptors (Lipinski definition) is 5. The van der Waals surface area contributed by atoms with Gasteiger partial charge < -0.3 is 20.1 Å². The van der Waals surface area contributed by atoms with Gasteiger partial charge in [-0.3, -0.25) is 9.59 Å². The second-order valence-electron chi connectivity index (χ2n) is 9.18. The first-order valence-electron chi connectivity index (χ1n) is 12.7. The molecule has 1 heterocycles. The number of methoxy groups -OCH3 is 1. The van der Waals surface area contributed by atoms with Crippen LogP contribution in [0, 0.1) is 0 Å². The minimum absolute atomic E-state index is 0.401. The standard InChI is InChI=1S/C30H33N3O5/c1-4-21-10-14-24(15-11-21)31-28(34)27(20(2)22-8-6-5-7-9-22)33-29(35)26(32-30(33)36)23-12-16-25(17-13-23)38-19-18-37-3/h5-17,20,26-27H,4,18-19H2,1-3H3,(H,31,34)(H,32,36)/t20?,26-,27?/m1/s1. The Balaban J connectivity index is 1.59. The predicted molar refractivity (Wildman–Crippen MR) is 145 cm³/mol. The van der Waals surface area contributed by atoms with Crippen LogP contribution in [0.4, 0.5) is 10.5 Å². The van der Waals surface area contributed by atoms with Crippen LogP contribution >= 0.6 is 0 Å². The van der Waals surface area contributed by atoms with Gasteiger partial charge in [0.05, 0.1) is 6.61 Å². The van der Waals surface area contributed by atoms with Gasteiger partial charge in [-0.2, -0.15) is 0 Å². The summed E-state index contributed by atoms with van der Waals surface area (Å²) < 4.78 is 10.6. The third-order valence-electron chi connectivity index (χ3n) is 6.72. The highest BCUT2D eigenvalue weighted by Gasteiger charge is 2.47. The highest BCUT2D eigenvalue weighted by molar-refractivity contribution is 6.09. The molecule has 3 aromatic rings. The maximum absolute atomic E-state index is 13.7. The molecule has 2 N–H and O–H groups in total. The Kier molecular flexibility index (Phi) is 8.76. The summed E-state index contributed by atoms with van der Waals surface area (Å²) in [7, 11) is 1.60. The summed E-state index contributed by atoms with van der Waals surface area (Å²) in [5, 5.41) is 5.67. The number of carbonyl (C=O) groups is 3. The minimum atomic E-state index is -1.06. The summed E-state index contributed by atoms with van der Waals surface area (Å²) in [4.78, 5) is 41.6. The van der Waals surface area contributed by atoms with E-state index in [9.17, 15) is 14.4 Å². The highest BCUT2D eigenvalue weighted by Crippen LogP contribution is 2.31. The lowest BCUT2D eigenvalue weighted by Crippen LogP contribution is -2.50. The number of ether oxygens (including phenoxy) is 2. The predicted octanol–water partition coefficient (Wildman–Crippen LogP) is 4.68. The fourth-order valence-corrected chi connectivity index (χ4v) is 4.53. The molecule has 0 aromatic heterocycles. The van der Waals surface area contributed by atoms with Gasteiger partial charge in [0.15, 0.2) is 0 Å². The Bertz CT molecular complexity index is 1250. The number of nitrogens with zero attached hydrogens (tertiary/aromatic N) is 1. The molecule has 2 unspecified atom stereocenters. The van der Waals surface area contributed by atoms with E-state index in [1.165, 1.54) is 0 Å². The first kappa shape index (κ1) is 26.9. The van der Waals surface area contributed by atoms with Crippen LogP contribution < -0.4 is 15.4 Å². The van der Waals surface area contributed by atoms with Crippen LogP contribution in [0.3, 0.4) is 0 Å². The Hall–Kier alpha value is -4.17. The molecule has 0 saturated carbocycles. The van der Waals surface area contributed by atoms with Gasteiger partial charge >= 0.3 is 6.03 Å². The summed E-state index contributed by atoms with van der Waals surface area (Å²) in [5.41, 5.74) is 3.19. The third kappa shape index (κ3) is 6.03. The molecule has 8 nitrogen and oxygen atoms in total. The fourth-order valence-electron chi connectivity index (χ4n) is 4.53. The van der Waals surface area contributed by atoms with Gasteiger partial charge in [-0.05, 0) is 47.4 Å². The van der Waals surface area contributed by atoms with Crippen LogP contribution in [-0.2, 0) is 20.7 Å². The number of imide groups is 1. The molecule has 4 amide bonds. The normalized spacial score (nSPS) is 16.6. The third-order valence-corrected chi connectivity index (χ3v) is 6.72. The molecule has 1 aliphatic rings. The van der Waals surface area contributed by atoms with Gasteiger partial charge in [0.25, 0.3) is 5.91 Å². The summed E-state index contributed by atoms with van der Waals surface area (Å²) in [5.74, 6) is -0.733. The Labute approximate surface area is 222 Å². The van der Waals surface area contributed by atoms with E-state index in [0.29, 0.717) is 30.2 Å². The van der Waals surface area contributed by atoms with E-state index in [4.69, 9.17) is 9.47 Å². The van der Waals surface area contributed by atoms with Crippen molar-refractivity contribution in [3.63, 3.8) is 0 Å². The van der Waals surface area contributed by atoms with Crippen molar-refractivity contribution in [1.82, 2.24) is 10.2 Å². The lowest BCUT2D eigenvalue weighted by molar-refractivity contribution is -0.134. The van der Waals surface area contributed by atoms with Crippen molar-refractivity contribution in [2.45, 2.75) is 38.3 Å². The van der Waals surface area contributed by atoms with Crippen molar-refractivity contribution < 1.29 is 23.9 Å². The highest BCUT2D eigenvalue weighted by atomic mass is 16.5. The van der Waals surface area contributed by atoms with E-state index in [2.05, 4.69) is 17.6 Å². The zero-order valence-corrected chi connectivity index (χ0v) is 21.8. The molecule has 0 aliphatic carbocycles. The average molecular weight is 516 g/mol. The van der Waals surface area contributed by atoms with Crippen LogP contribution in [0.5, 0.6) is 5.75 Å². The first-order valence-corrected chi connectivity index (χ1v) is 12.7. The number of rotatable bonds is 11. The monoisotopic (exact) mass is 515 g/mol. The molecular formula is C30H33N3O5. The average Bonchev–Trinajstić information content (AvgIpc) is 3.23. The van der Waals surface area contributed by atoms with E-state index in [1.54, 1.807) is 31.4 Å². The summed E-state index contributed by atoms with van der Waals surface area (Å²) in [6, 6.07) is 21.3. The van der Waals surface area contributed by atoms with Crippen molar-refractivity contribution in [3.8, 4) is 5.75 Å². The second-order valence-corrected chi connectivity index (χ2v) is 9.18.